The number of aromatic hydroxyl groups is 1. The number of methoxy groups -OCH3 is 2. The predicted octanol–water partition coefficient (Wildman–Crippen LogP) is 7.61. The standard InChI is InChI=1S/C42H60N2O11Si2/c1-22-49-21-31-36(51-22)37(54-56(10,11)41(2,3)4)38(55-57(12,13)42(5,6)7)40(52-31)53-35-27-15-25-19-44-43-18-24(25)14-26(27)32(33-28(35)20-50-39(33)46)23-16-29(47-8)34(45)30(17-23)48-9/h14-19,22,28,31-33,35-38,40,45H,20-21H2,1-13H3/t22-,28+,31-,32-,33+,35-,36-,37+,38-,40+/m1/s1. The first kappa shape index (κ1) is 42.0. The van der Waals surface area contributed by atoms with Gasteiger partial charge in [0.15, 0.2) is 40.7 Å². The zero-order chi connectivity index (χ0) is 41.4. The third-order valence-corrected chi connectivity index (χ3v) is 22.3. The van der Waals surface area contributed by atoms with Gasteiger partial charge >= 0.3 is 5.97 Å². The van der Waals surface area contributed by atoms with Gasteiger partial charge in [-0.25, -0.2) is 0 Å². The number of aromatic nitrogens is 2. The fraction of sp³-hybridized carbons (Fsp3) is 0.643. The van der Waals surface area contributed by atoms with Gasteiger partial charge in [0, 0.05) is 22.6 Å². The molecule has 3 saturated heterocycles. The first-order chi connectivity index (χ1) is 26.7. The van der Waals surface area contributed by atoms with Crippen molar-refractivity contribution in [2.24, 2.45) is 11.8 Å². The average molecular weight is 825 g/mol. The molecule has 0 bridgehead atoms. The minimum atomic E-state index is -2.51. The molecule has 4 heterocycles. The second-order valence-electron chi connectivity index (χ2n) is 19.0. The Morgan fingerprint density at radius 2 is 1.35 bits per heavy atom. The zero-order valence-electron chi connectivity index (χ0n) is 35.6. The van der Waals surface area contributed by atoms with Crippen molar-refractivity contribution in [1.29, 1.82) is 0 Å². The van der Waals surface area contributed by atoms with Crippen LogP contribution in [-0.2, 0) is 37.3 Å². The SMILES string of the molecule is COc1cc([C@@H]2c3cc4cnncc4cc3[C@@H](O[C@@H]3O[C@@H]4CO[C@@H](C)O[C@H]4[C@H](O[Si](C)(C)C(C)(C)C)[C@H]3O[Si](C)(C)C(C)(C)C)[C@H]3COC(=O)[C@H]23)cc(OC)c1O. The van der Waals surface area contributed by atoms with Crippen LogP contribution in [0.1, 0.15) is 77.2 Å². The number of ether oxygens (including phenoxy) is 7. The Hall–Kier alpha value is -3.16. The summed E-state index contributed by atoms with van der Waals surface area (Å²) in [6.07, 6.45) is -0.804. The van der Waals surface area contributed by atoms with E-state index in [9.17, 15) is 9.90 Å². The summed E-state index contributed by atoms with van der Waals surface area (Å²) < 4.78 is 58.8. The summed E-state index contributed by atoms with van der Waals surface area (Å²) in [6.45, 7) is 24.5. The molecule has 1 aromatic heterocycles. The molecule has 7 rings (SSSR count). The molecule has 10 atom stereocenters. The van der Waals surface area contributed by atoms with Crippen LogP contribution in [0.5, 0.6) is 17.2 Å². The number of cyclic esters (lactones) is 1. The van der Waals surface area contributed by atoms with Gasteiger partial charge in [-0.05, 0) is 84.1 Å². The molecule has 0 saturated carbocycles. The van der Waals surface area contributed by atoms with Gasteiger partial charge in [-0.15, -0.1) is 0 Å². The van der Waals surface area contributed by atoms with Gasteiger partial charge in [0.05, 0.1) is 51.8 Å². The van der Waals surface area contributed by atoms with Crippen LogP contribution in [0.15, 0.2) is 36.7 Å². The molecule has 13 nitrogen and oxygen atoms in total. The number of benzene rings is 2. The summed E-state index contributed by atoms with van der Waals surface area (Å²) in [5.74, 6) is -1.60. The molecule has 0 spiro atoms. The van der Waals surface area contributed by atoms with Gasteiger partial charge in [0.25, 0.3) is 0 Å². The normalized spacial score (nSPS) is 30.6. The molecule has 3 aromatic rings. The van der Waals surface area contributed by atoms with Gasteiger partial charge in [0.1, 0.15) is 24.4 Å². The monoisotopic (exact) mass is 824 g/mol. The lowest BCUT2D eigenvalue weighted by atomic mass is 9.66. The van der Waals surface area contributed by atoms with E-state index in [0.29, 0.717) is 6.61 Å². The number of nitrogens with zero attached hydrogens (tertiary/aromatic N) is 2. The summed E-state index contributed by atoms with van der Waals surface area (Å²) in [7, 11) is -1.97. The highest BCUT2D eigenvalue weighted by Gasteiger charge is 2.59. The third kappa shape index (κ3) is 7.63. The maximum atomic E-state index is 14.1. The van der Waals surface area contributed by atoms with Crippen molar-refractivity contribution in [1.82, 2.24) is 10.2 Å². The Labute approximate surface area is 338 Å². The van der Waals surface area contributed by atoms with Crippen molar-refractivity contribution in [3.8, 4) is 17.2 Å². The van der Waals surface area contributed by atoms with Crippen LogP contribution in [-0.4, -0.2) is 102 Å². The lowest BCUT2D eigenvalue weighted by Gasteiger charge is -2.54. The molecular formula is C42H60N2O11Si2. The van der Waals surface area contributed by atoms with E-state index in [0.717, 1.165) is 27.5 Å². The van der Waals surface area contributed by atoms with Crippen LogP contribution >= 0.6 is 0 Å². The number of phenolic OH excluding ortho intramolecular Hbond substituents is 1. The number of hydrogen-bond donors (Lipinski definition) is 1. The van der Waals surface area contributed by atoms with E-state index in [1.54, 1.807) is 24.5 Å². The van der Waals surface area contributed by atoms with Crippen molar-refractivity contribution in [2.45, 2.75) is 134 Å². The van der Waals surface area contributed by atoms with Crippen molar-refractivity contribution < 1.29 is 51.9 Å². The molecule has 15 heteroatoms. The molecule has 57 heavy (non-hydrogen) atoms. The summed E-state index contributed by atoms with van der Waals surface area (Å²) in [5, 5.41) is 20.7. The Morgan fingerprint density at radius 3 is 1.91 bits per heavy atom. The smallest absolute Gasteiger partial charge is 0.310 e. The van der Waals surface area contributed by atoms with Crippen LogP contribution in [0, 0.1) is 11.8 Å². The highest BCUT2D eigenvalue weighted by molar-refractivity contribution is 6.74. The van der Waals surface area contributed by atoms with Gasteiger partial charge in [0.2, 0.25) is 5.75 Å². The van der Waals surface area contributed by atoms with Gasteiger partial charge < -0.3 is 47.1 Å². The Bertz CT molecular complexity index is 1960. The highest BCUT2D eigenvalue weighted by Crippen LogP contribution is 2.56. The number of rotatable bonds is 9. The largest absolute Gasteiger partial charge is 0.502 e. The summed E-state index contributed by atoms with van der Waals surface area (Å²) >= 11 is 0. The fourth-order valence-corrected chi connectivity index (χ4v) is 10.7. The molecule has 0 amide bonds. The molecule has 1 aliphatic carbocycles. The van der Waals surface area contributed by atoms with E-state index in [1.165, 1.54) is 14.2 Å². The van der Waals surface area contributed by atoms with Crippen LogP contribution in [0.25, 0.3) is 10.8 Å². The quantitative estimate of drug-likeness (QED) is 0.167. The Morgan fingerprint density at radius 1 is 0.789 bits per heavy atom. The molecule has 312 valence electrons. The molecule has 3 aliphatic heterocycles. The van der Waals surface area contributed by atoms with E-state index < -0.39 is 77.5 Å². The number of phenols is 1. The zero-order valence-corrected chi connectivity index (χ0v) is 37.6. The summed E-state index contributed by atoms with van der Waals surface area (Å²) in [5.41, 5.74) is 2.42. The number of carbonyl (C=O) groups is 1. The fourth-order valence-electron chi connectivity index (χ4n) is 8.10. The maximum Gasteiger partial charge on any atom is 0.310 e. The first-order valence-electron chi connectivity index (χ1n) is 19.9. The second kappa shape index (κ2) is 15.1. The minimum absolute atomic E-state index is 0.106. The van der Waals surface area contributed by atoms with Gasteiger partial charge in [-0.1, -0.05) is 41.5 Å². The topological polar surface area (TPSA) is 146 Å². The molecule has 2 aromatic carbocycles. The number of hydrogen-bond acceptors (Lipinski definition) is 13. The average Bonchev–Trinajstić information content (AvgIpc) is 3.52. The molecular weight excluding hydrogens is 765 g/mol. The second-order valence-corrected chi connectivity index (χ2v) is 28.5. The van der Waals surface area contributed by atoms with Crippen LogP contribution in [0.2, 0.25) is 36.3 Å². The number of fused-ring (bicyclic) bond motifs is 4. The van der Waals surface area contributed by atoms with E-state index >= 15 is 0 Å². The molecule has 0 radical (unpaired) electrons. The van der Waals surface area contributed by atoms with Crippen LogP contribution in [0.4, 0.5) is 0 Å². The Kier molecular flexibility index (Phi) is 11.2. The Balaban J connectivity index is 1.39. The molecule has 0 unspecified atom stereocenters. The summed E-state index contributed by atoms with van der Waals surface area (Å²) in [4.78, 5) is 14.1. The molecule has 1 N–H and O–H groups in total. The summed E-state index contributed by atoms with van der Waals surface area (Å²) in [6, 6.07) is 7.62. The van der Waals surface area contributed by atoms with E-state index in [-0.39, 0.29) is 39.9 Å². The van der Waals surface area contributed by atoms with Crippen molar-refractivity contribution in [2.75, 3.05) is 27.4 Å². The van der Waals surface area contributed by atoms with Gasteiger partial charge in [-0.3, -0.25) is 4.79 Å². The lowest BCUT2D eigenvalue weighted by molar-refractivity contribution is -0.360. The minimum Gasteiger partial charge on any atom is -0.502 e. The number of esters is 1. The first-order valence-corrected chi connectivity index (χ1v) is 25.8. The van der Waals surface area contributed by atoms with E-state index in [4.69, 9.17) is 42.0 Å². The lowest BCUT2D eigenvalue weighted by Crippen LogP contribution is -2.68. The molecule has 3 fully saturated rings. The van der Waals surface area contributed by atoms with Crippen molar-refractivity contribution in [3.63, 3.8) is 0 Å². The molecule has 4 aliphatic rings. The van der Waals surface area contributed by atoms with E-state index in [1.807, 2.05) is 13.0 Å². The number of carbonyl (C=O) groups excluding carboxylic acids is 1. The van der Waals surface area contributed by atoms with Gasteiger partial charge in [-0.2, -0.15) is 10.2 Å². The third-order valence-electron chi connectivity index (χ3n) is 13.3. The van der Waals surface area contributed by atoms with Crippen molar-refractivity contribution >= 4 is 33.4 Å². The highest BCUT2D eigenvalue weighted by atomic mass is 28.4. The van der Waals surface area contributed by atoms with Crippen molar-refractivity contribution in [3.05, 3.63) is 53.3 Å². The van der Waals surface area contributed by atoms with Crippen LogP contribution in [0.3, 0.4) is 0 Å². The predicted molar refractivity (Wildman–Crippen MR) is 217 cm³/mol. The maximum absolute atomic E-state index is 14.1. The van der Waals surface area contributed by atoms with Crippen LogP contribution < -0.4 is 9.47 Å². The van der Waals surface area contributed by atoms with E-state index in [2.05, 4.69) is 84.0 Å².